The van der Waals surface area contributed by atoms with Crippen molar-refractivity contribution in [1.29, 1.82) is 0 Å². The molecular formula is C26H32N2O2. The van der Waals surface area contributed by atoms with Gasteiger partial charge in [0.2, 0.25) is 5.91 Å². The van der Waals surface area contributed by atoms with Crippen LogP contribution >= 0.6 is 0 Å². The number of amides is 2. The number of benzene rings is 2. The summed E-state index contributed by atoms with van der Waals surface area (Å²) in [4.78, 5) is 29.2. The van der Waals surface area contributed by atoms with E-state index in [1.54, 1.807) is 0 Å². The Morgan fingerprint density at radius 2 is 1.63 bits per heavy atom. The van der Waals surface area contributed by atoms with Crippen molar-refractivity contribution in [1.82, 2.24) is 10.2 Å². The standard InChI is InChI=1S/C26H32N2O2/c1-19(20-12-6-5-7-13-20)28-24(29)23-17-11-10-14-21(23)18-26(28,2)25(30)27-22-15-8-3-4-9-16-22/h5-7,10-14,17,19,22H,3-4,8-9,15-16,18H2,1-2H3,(H,27,30)/t19-,26+/m1/s1. The Labute approximate surface area is 179 Å². The van der Waals surface area contributed by atoms with Crippen LogP contribution in [0.2, 0.25) is 0 Å². The molecule has 1 heterocycles. The third-order valence-corrected chi connectivity index (χ3v) is 6.88. The van der Waals surface area contributed by atoms with Crippen LogP contribution in [0.4, 0.5) is 0 Å². The van der Waals surface area contributed by atoms with Gasteiger partial charge in [0.05, 0.1) is 6.04 Å². The van der Waals surface area contributed by atoms with E-state index in [2.05, 4.69) is 5.32 Å². The monoisotopic (exact) mass is 404 g/mol. The fraction of sp³-hybridized carbons (Fsp3) is 0.462. The summed E-state index contributed by atoms with van der Waals surface area (Å²) in [5.41, 5.74) is 1.78. The molecule has 2 aromatic carbocycles. The van der Waals surface area contributed by atoms with Crippen LogP contribution < -0.4 is 5.32 Å². The lowest BCUT2D eigenvalue weighted by atomic mass is 9.80. The van der Waals surface area contributed by atoms with E-state index in [1.807, 2.05) is 73.3 Å². The molecule has 158 valence electrons. The lowest BCUT2D eigenvalue weighted by molar-refractivity contribution is -0.133. The topological polar surface area (TPSA) is 49.4 Å². The van der Waals surface area contributed by atoms with Gasteiger partial charge in [-0.25, -0.2) is 0 Å². The highest BCUT2D eigenvalue weighted by Crippen LogP contribution is 2.38. The third-order valence-electron chi connectivity index (χ3n) is 6.88. The maximum Gasteiger partial charge on any atom is 0.255 e. The van der Waals surface area contributed by atoms with Crippen molar-refractivity contribution in [2.24, 2.45) is 0 Å². The van der Waals surface area contributed by atoms with Crippen LogP contribution in [-0.2, 0) is 11.2 Å². The van der Waals surface area contributed by atoms with E-state index in [4.69, 9.17) is 0 Å². The number of rotatable bonds is 4. The SMILES string of the molecule is C[C@H](c1ccccc1)N1C(=O)c2ccccc2C[C@@]1(C)C(=O)NC1CCCCCC1. The fourth-order valence-electron chi connectivity index (χ4n) is 5.13. The summed E-state index contributed by atoms with van der Waals surface area (Å²) in [5.74, 6) is -0.0910. The van der Waals surface area contributed by atoms with Crippen molar-refractivity contribution in [3.8, 4) is 0 Å². The second-order valence-electron chi connectivity index (χ2n) is 9.03. The van der Waals surface area contributed by atoms with Gasteiger partial charge in [-0.3, -0.25) is 9.59 Å². The maximum atomic E-state index is 13.7. The summed E-state index contributed by atoms with van der Waals surface area (Å²) in [7, 11) is 0. The Kier molecular flexibility index (Phi) is 5.94. The Bertz CT molecular complexity index is 902. The second-order valence-corrected chi connectivity index (χ2v) is 9.03. The molecule has 0 spiro atoms. The van der Waals surface area contributed by atoms with Crippen LogP contribution in [0.3, 0.4) is 0 Å². The van der Waals surface area contributed by atoms with Gasteiger partial charge < -0.3 is 10.2 Å². The van der Waals surface area contributed by atoms with Gasteiger partial charge in [-0.1, -0.05) is 74.2 Å². The molecule has 4 heteroatoms. The van der Waals surface area contributed by atoms with Gasteiger partial charge in [0.1, 0.15) is 5.54 Å². The van der Waals surface area contributed by atoms with Crippen molar-refractivity contribution >= 4 is 11.8 Å². The van der Waals surface area contributed by atoms with Gasteiger partial charge in [0, 0.05) is 18.0 Å². The number of hydrogen-bond acceptors (Lipinski definition) is 2. The normalized spacial score (nSPS) is 23.4. The van der Waals surface area contributed by atoms with E-state index in [9.17, 15) is 9.59 Å². The molecule has 0 saturated heterocycles. The van der Waals surface area contributed by atoms with Crippen LogP contribution in [-0.4, -0.2) is 28.3 Å². The predicted octanol–water partition coefficient (Wildman–Crippen LogP) is 5.04. The molecule has 0 unspecified atom stereocenters. The number of nitrogens with zero attached hydrogens (tertiary/aromatic N) is 1. The number of carbonyl (C=O) groups excluding carboxylic acids is 2. The van der Waals surface area contributed by atoms with E-state index < -0.39 is 5.54 Å². The third kappa shape index (κ3) is 3.88. The van der Waals surface area contributed by atoms with Gasteiger partial charge in [-0.15, -0.1) is 0 Å². The molecule has 1 aliphatic heterocycles. The maximum absolute atomic E-state index is 13.7. The molecule has 1 saturated carbocycles. The first-order chi connectivity index (χ1) is 14.5. The summed E-state index contributed by atoms with van der Waals surface area (Å²) >= 11 is 0. The van der Waals surface area contributed by atoms with E-state index in [0.717, 1.165) is 36.8 Å². The molecule has 2 atom stereocenters. The van der Waals surface area contributed by atoms with E-state index in [-0.39, 0.29) is 23.9 Å². The highest BCUT2D eigenvalue weighted by Gasteiger charge is 2.49. The first-order valence-electron chi connectivity index (χ1n) is 11.3. The zero-order chi connectivity index (χ0) is 21.1. The minimum atomic E-state index is -0.924. The molecule has 1 fully saturated rings. The van der Waals surface area contributed by atoms with Crippen molar-refractivity contribution in [2.75, 3.05) is 0 Å². The Morgan fingerprint density at radius 3 is 2.33 bits per heavy atom. The van der Waals surface area contributed by atoms with Crippen molar-refractivity contribution < 1.29 is 9.59 Å². The first kappa shape index (κ1) is 20.6. The molecule has 2 aromatic rings. The summed E-state index contributed by atoms with van der Waals surface area (Å²) in [6.07, 6.45) is 7.40. The minimum absolute atomic E-state index is 0.0277. The molecule has 0 bridgehead atoms. The Morgan fingerprint density at radius 1 is 1.00 bits per heavy atom. The molecule has 30 heavy (non-hydrogen) atoms. The van der Waals surface area contributed by atoms with Crippen LogP contribution in [0.1, 0.15) is 79.9 Å². The number of hydrogen-bond donors (Lipinski definition) is 1. The zero-order valence-corrected chi connectivity index (χ0v) is 18.1. The molecule has 4 nitrogen and oxygen atoms in total. The van der Waals surface area contributed by atoms with Gasteiger partial charge >= 0.3 is 0 Å². The predicted molar refractivity (Wildman–Crippen MR) is 119 cm³/mol. The largest absolute Gasteiger partial charge is 0.351 e. The fourth-order valence-corrected chi connectivity index (χ4v) is 5.13. The van der Waals surface area contributed by atoms with Crippen LogP contribution in [0, 0.1) is 0 Å². The van der Waals surface area contributed by atoms with Crippen LogP contribution in [0.15, 0.2) is 54.6 Å². The highest BCUT2D eigenvalue weighted by molar-refractivity contribution is 6.02. The molecule has 1 N–H and O–H groups in total. The first-order valence-corrected chi connectivity index (χ1v) is 11.3. The number of nitrogens with one attached hydrogen (secondary N) is 1. The molecule has 0 aromatic heterocycles. The molecule has 0 radical (unpaired) electrons. The van der Waals surface area contributed by atoms with Crippen LogP contribution in [0.5, 0.6) is 0 Å². The average Bonchev–Trinajstić information content (AvgIpc) is 3.03. The van der Waals surface area contributed by atoms with E-state index in [1.165, 1.54) is 12.8 Å². The van der Waals surface area contributed by atoms with Crippen molar-refractivity contribution in [3.05, 3.63) is 71.3 Å². The van der Waals surface area contributed by atoms with E-state index in [0.29, 0.717) is 12.0 Å². The molecule has 2 aliphatic rings. The van der Waals surface area contributed by atoms with Crippen molar-refractivity contribution in [3.63, 3.8) is 0 Å². The zero-order valence-electron chi connectivity index (χ0n) is 18.1. The molecule has 2 amide bonds. The van der Waals surface area contributed by atoms with Gasteiger partial charge in [0.25, 0.3) is 5.91 Å². The Balaban J connectivity index is 1.70. The summed E-state index contributed by atoms with van der Waals surface area (Å²) in [5, 5.41) is 3.32. The smallest absolute Gasteiger partial charge is 0.255 e. The van der Waals surface area contributed by atoms with Gasteiger partial charge in [0.15, 0.2) is 0 Å². The lowest BCUT2D eigenvalue weighted by Crippen LogP contribution is -2.64. The summed E-state index contributed by atoms with van der Waals surface area (Å²) in [6.45, 7) is 3.96. The number of carbonyl (C=O) groups is 2. The average molecular weight is 405 g/mol. The van der Waals surface area contributed by atoms with Gasteiger partial charge in [-0.2, -0.15) is 0 Å². The quantitative estimate of drug-likeness (QED) is 0.726. The molecule has 1 aliphatic carbocycles. The highest BCUT2D eigenvalue weighted by atomic mass is 16.2. The second kappa shape index (κ2) is 8.63. The Hall–Kier alpha value is -2.62. The molecular weight excluding hydrogens is 372 g/mol. The van der Waals surface area contributed by atoms with Crippen LogP contribution in [0.25, 0.3) is 0 Å². The minimum Gasteiger partial charge on any atom is -0.351 e. The number of fused-ring (bicyclic) bond motifs is 1. The summed E-state index contributed by atoms with van der Waals surface area (Å²) < 4.78 is 0. The molecule has 4 rings (SSSR count). The van der Waals surface area contributed by atoms with Crippen molar-refractivity contribution in [2.45, 2.75) is 76.4 Å². The van der Waals surface area contributed by atoms with E-state index >= 15 is 0 Å². The summed E-state index contributed by atoms with van der Waals surface area (Å²) in [6, 6.07) is 17.7. The van der Waals surface area contributed by atoms with Gasteiger partial charge in [-0.05, 0) is 43.9 Å². The lowest BCUT2D eigenvalue weighted by Gasteiger charge is -2.47.